The molecule has 0 aromatic heterocycles. The number of hydrogen-bond donors (Lipinski definition) is 0. The number of nitrogens with zero attached hydrogens (tertiary/aromatic N) is 1. The maximum Gasteiger partial charge on any atom is 0.0994 e. The summed E-state index contributed by atoms with van der Waals surface area (Å²) in [6.07, 6.45) is 7.45. The van der Waals surface area contributed by atoms with Crippen LogP contribution in [-0.2, 0) is 0 Å². The monoisotopic (exact) mass is 229 g/mol. The van der Waals surface area contributed by atoms with Crippen LogP contribution in [-0.4, -0.2) is 0 Å². The average Bonchev–Trinajstić information content (AvgIpc) is 2.38. The van der Waals surface area contributed by atoms with Gasteiger partial charge in [0.2, 0.25) is 0 Å². The van der Waals surface area contributed by atoms with Crippen molar-refractivity contribution in [2.75, 3.05) is 0 Å². The van der Waals surface area contributed by atoms with E-state index in [0.29, 0.717) is 5.92 Å². The summed E-state index contributed by atoms with van der Waals surface area (Å²) in [7, 11) is 0. The predicted molar refractivity (Wildman–Crippen MR) is 72.9 cm³/mol. The van der Waals surface area contributed by atoms with E-state index in [9.17, 15) is 0 Å². The Hall–Kier alpha value is -1.29. The summed E-state index contributed by atoms with van der Waals surface area (Å²) in [6.45, 7) is 4.46. The third kappa shape index (κ3) is 4.23. The number of benzene rings is 1. The van der Waals surface area contributed by atoms with Gasteiger partial charge in [0.1, 0.15) is 0 Å². The second kappa shape index (κ2) is 7.90. The highest BCUT2D eigenvalue weighted by molar-refractivity contribution is 5.39. The molecule has 17 heavy (non-hydrogen) atoms. The quantitative estimate of drug-likeness (QED) is 0.602. The van der Waals surface area contributed by atoms with E-state index < -0.39 is 0 Å². The minimum Gasteiger partial charge on any atom is -0.192 e. The van der Waals surface area contributed by atoms with Crippen molar-refractivity contribution in [3.63, 3.8) is 0 Å². The Kier molecular flexibility index (Phi) is 6.40. The van der Waals surface area contributed by atoms with Crippen LogP contribution in [0.2, 0.25) is 0 Å². The summed E-state index contributed by atoms with van der Waals surface area (Å²) in [4.78, 5) is 0. The molecule has 1 heteroatoms. The first-order valence-corrected chi connectivity index (χ1v) is 6.82. The molecule has 0 aliphatic rings. The molecule has 1 aromatic rings. The molecule has 0 radical (unpaired) electrons. The van der Waals surface area contributed by atoms with Crippen molar-refractivity contribution >= 4 is 0 Å². The summed E-state index contributed by atoms with van der Waals surface area (Å²) in [6, 6.07) is 10.4. The van der Waals surface area contributed by atoms with E-state index in [-0.39, 0.29) is 0 Å². The fourth-order valence-electron chi connectivity index (χ4n) is 2.40. The molecule has 1 unspecified atom stereocenters. The van der Waals surface area contributed by atoms with Crippen LogP contribution in [0, 0.1) is 11.3 Å². The molecule has 0 fully saturated rings. The Bertz CT molecular complexity index is 362. The predicted octanol–water partition coefficient (Wildman–Crippen LogP) is 5.02. The summed E-state index contributed by atoms with van der Waals surface area (Å²) >= 11 is 0. The molecule has 0 bridgehead atoms. The first kappa shape index (κ1) is 13.8. The van der Waals surface area contributed by atoms with Gasteiger partial charge in [-0.3, -0.25) is 0 Å². The molecule has 1 rings (SSSR count). The fraction of sp³-hybridized carbons (Fsp3) is 0.562. The number of unbranched alkanes of at least 4 members (excludes halogenated alkanes) is 2. The normalized spacial score (nSPS) is 12.1. The zero-order valence-electron chi connectivity index (χ0n) is 11.1. The highest BCUT2D eigenvalue weighted by atomic mass is 14.3. The van der Waals surface area contributed by atoms with Crippen LogP contribution in [0.15, 0.2) is 24.3 Å². The Morgan fingerprint density at radius 2 is 1.82 bits per heavy atom. The Morgan fingerprint density at radius 1 is 1.06 bits per heavy atom. The average molecular weight is 229 g/mol. The van der Waals surface area contributed by atoms with E-state index in [0.717, 1.165) is 5.56 Å². The van der Waals surface area contributed by atoms with Crippen molar-refractivity contribution in [1.29, 1.82) is 5.26 Å². The van der Waals surface area contributed by atoms with Gasteiger partial charge >= 0.3 is 0 Å². The van der Waals surface area contributed by atoms with Crippen molar-refractivity contribution in [2.45, 2.75) is 58.3 Å². The lowest BCUT2D eigenvalue weighted by molar-refractivity contribution is 0.528. The zero-order chi connectivity index (χ0) is 12.5. The maximum atomic E-state index is 9.16. The molecule has 1 aromatic carbocycles. The van der Waals surface area contributed by atoms with Gasteiger partial charge in [-0.2, -0.15) is 5.26 Å². The molecule has 1 atom stereocenters. The van der Waals surface area contributed by atoms with Gasteiger partial charge in [0.25, 0.3) is 0 Å². The van der Waals surface area contributed by atoms with Crippen LogP contribution >= 0.6 is 0 Å². The summed E-state index contributed by atoms with van der Waals surface area (Å²) in [5.74, 6) is 0.572. The number of hydrogen-bond acceptors (Lipinski definition) is 1. The highest BCUT2D eigenvalue weighted by Gasteiger charge is 2.13. The van der Waals surface area contributed by atoms with Gasteiger partial charge in [0, 0.05) is 0 Å². The van der Waals surface area contributed by atoms with Crippen molar-refractivity contribution in [2.24, 2.45) is 0 Å². The third-order valence-corrected chi connectivity index (χ3v) is 3.31. The molecule has 0 saturated heterocycles. The van der Waals surface area contributed by atoms with Crippen LogP contribution in [0.1, 0.15) is 69.4 Å². The Morgan fingerprint density at radius 3 is 2.47 bits per heavy atom. The summed E-state index contributed by atoms with van der Waals surface area (Å²) < 4.78 is 0. The molecule has 0 saturated carbocycles. The van der Waals surface area contributed by atoms with Crippen LogP contribution in [0.25, 0.3) is 0 Å². The molecular weight excluding hydrogens is 206 g/mol. The van der Waals surface area contributed by atoms with Gasteiger partial charge in [0.15, 0.2) is 0 Å². The summed E-state index contributed by atoms with van der Waals surface area (Å²) in [5.41, 5.74) is 2.12. The lowest BCUT2D eigenvalue weighted by Crippen LogP contribution is -2.01. The molecule has 0 aliphatic carbocycles. The van der Waals surface area contributed by atoms with Crippen LogP contribution in [0.4, 0.5) is 0 Å². The zero-order valence-corrected chi connectivity index (χ0v) is 11.1. The van der Waals surface area contributed by atoms with E-state index in [1.807, 2.05) is 12.1 Å². The van der Waals surface area contributed by atoms with Crippen molar-refractivity contribution in [3.8, 4) is 6.07 Å². The molecule has 0 heterocycles. The molecular formula is C16H23N. The van der Waals surface area contributed by atoms with Crippen LogP contribution in [0.3, 0.4) is 0 Å². The second-order valence-corrected chi connectivity index (χ2v) is 4.68. The smallest absolute Gasteiger partial charge is 0.0994 e. The summed E-state index contributed by atoms with van der Waals surface area (Å²) in [5, 5.41) is 9.16. The topological polar surface area (TPSA) is 23.8 Å². The standard InChI is InChI=1S/C16H23N/c1-3-5-6-10-14(9-4-2)16-12-8-7-11-15(16)13-17/h7-8,11-12,14H,3-6,9-10H2,1-2H3. The molecule has 0 N–H and O–H groups in total. The largest absolute Gasteiger partial charge is 0.192 e. The van der Waals surface area contributed by atoms with Gasteiger partial charge in [-0.1, -0.05) is 57.7 Å². The Balaban J connectivity index is 2.78. The van der Waals surface area contributed by atoms with Gasteiger partial charge < -0.3 is 0 Å². The molecule has 92 valence electrons. The van der Waals surface area contributed by atoms with Crippen molar-refractivity contribution in [3.05, 3.63) is 35.4 Å². The van der Waals surface area contributed by atoms with E-state index in [4.69, 9.17) is 5.26 Å². The van der Waals surface area contributed by atoms with Gasteiger partial charge in [0.05, 0.1) is 11.6 Å². The minimum atomic E-state index is 0.572. The third-order valence-electron chi connectivity index (χ3n) is 3.31. The van der Waals surface area contributed by atoms with E-state index in [1.54, 1.807) is 0 Å². The van der Waals surface area contributed by atoms with Gasteiger partial charge in [-0.25, -0.2) is 0 Å². The van der Waals surface area contributed by atoms with Crippen LogP contribution in [0.5, 0.6) is 0 Å². The highest BCUT2D eigenvalue weighted by Crippen LogP contribution is 2.29. The minimum absolute atomic E-state index is 0.572. The number of rotatable bonds is 7. The van der Waals surface area contributed by atoms with E-state index in [1.165, 1.54) is 44.1 Å². The van der Waals surface area contributed by atoms with Crippen LogP contribution < -0.4 is 0 Å². The fourth-order valence-corrected chi connectivity index (χ4v) is 2.40. The molecule has 0 spiro atoms. The Labute approximate surface area is 105 Å². The number of nitriles is 1. The SMILES string of the molecule is CCCCCC(CCC)c1ccccc1C#N. The second-order valence-electron chi connectivity index (χ2n) is 4.68. The van der Waals surface area contributed by atoms with Crippen molar-refractivity contribution in [1.82, 2.24) is 0 Å². The lowest BCUT2D eigenvalue weighted by Gasteiger charge is -2.17. The van der Waals surface area contributed by atoms with Gasteiger partial charge in [-0.05, 0) is 30.4 Å². The van der Waals surface area contributed by atoms with Gasteiger partial charge in [-0.15, -0.1) is 0 Å². The lowest BCUT2D eigenvalue weighted by atomic mass is 9.87. The molecule has 1 nitrogen and oxygen atoms in total. The molecule has 0 aliphatic heterocycles. The first-order valence-electron chi connectivity index (χ1n) is 6.82. The first-order chi connectivity index (χ1) is 8.33. The maximum absolute atomic E-state index is 9.16. The molecule has 0 amide bonds. The van der Waals surface area contributed by atoms with E-state index in [2.05, 4.69) is 32.0 Å². The van der Waals surface area contributed by atoms with Crippen molar-refractivity contribution < 1.29 is 0 Å². The van der Waals surface area contributed by atoms with E-state index >= 15 is 0 Å².